The van der Waals surface area contributed by atoms with E-state index < -0.39 is 0 Å². The van der Waals surface area contributed by atoms with Gasteiger partial charge in [0.25, 0.3) is 0 Å². The summed E-state index contributed by atoms with van der Waals surface area (Å²) in [6.45, 7) is 8.04. The van der Waals surface area contributed by atoms with Crippen LogP contribution < -0.4 is 5.32 Å². The van der Waals surface area contributed by atoms with Crippen LogP contribution in [-0.2, 0) is 9.53 Å². The molecule has 3 nitrogen and oxygen atoms in total. The van der Waals surface area contributed by atoms with Gasteiger partial charge in [-0.15, -0.1) is 0 Å². The Morgan fingerprint density at radius 1 is 1.35 bits per heavy atom. The molecule has 3 atom stereocenters. The van der Waals surface area contributed by atoms with E-state index in [9.17, 15) is 4.79 Å². The zero-order valence-corrected chi connectivity index (χ0v) is 11.5. The third-order valence-electron chi connectivity index (χ3n) is 3.60. The quantitative estimate of drug-likeness (QED) is 0.550. The average molecular weight is 241 g/mol. The van der Waals surface area contributed by atoms with E-state index in [1.54, 1.807) is 0 Å². The van der Waals surface area contributed by atoms with Crippen molar-refractivity contribution in [2.24, 2.45) is 11.8 Å². The molecule has 1 saturated heterocycles. The van der Waals surface area contributed by atoms with Crippen LogP contribution in [0, 0.1) is 11.8 Å². The minimum atomic E-state index is -0.00880. The fourth-order valence-electron chi connectivity index (χ4n) is 2.33. The number of esters is 1. The third-order valence-corrected chi connectivity index (χ3v) is 3.60. The Hall–Kier alpha value is -0.570. The van der Waals surface area contributed by atoms with Crippen LogP contribution in [0.5, 0.6) is 0 Å². The summed E-state index contributed by atoms with van der Waals surface area (Å²) >= 11 is 0. The zero-order chi connectivity index (χ0) is 12.7. The van der Waals surface area contributed by atoms with Crippen LogP contribution in [-0.4, -0.2) is 25.2 Å². The van der Waals surface area contributed by atoms with Gasteiger partial charge in [-0.3, -0.25) is 4.79 Å². The highest BCUT2D eigenvalue weighted by molar-refractivity contribution is 5.73. The average Bonchev–Trinajstić information content (AvgIpc) is 2.71. The van der Waals surface area contributed by atoms with Crippen molar-refractivity contribution in [2.75, 3.05) is 13.1 Å². The zero-order valence-electron chi connectivity index (χ0n) is 11.5. The Morgan fingerprint density at radius 3 is 2.71 bits per heavy atom. The molecular formula is C14H27NO2. The molecule has 3 unspecified atom stereocenters. The lowest BCUT2D eigenvalue weighted by atomic mass is 9.98. The topological polar surface area (TPSA) is 38.3 Å². The normalized spacial score (nSPS) is 25.8. The number of rotatable bonds is 7. The molecule has 0 aromatic rings. The molecule has 0 aromatic heterocycles. The largest absolute Gasteiger partial charge is 0.462 e. The maximum absolute atomic E-state index is 11.9. The second-order valence-corrected chi connectivity index (χ2v) is 5.34. The molecule has 0 amide bonds. The molecule has 1 heterocycles. The van der Waals surface area contributed by atoms with E-state index in [4.69, 9.17) is 4.74 Å². The Morgan fingerprint density at radius 2 is 2.12 bits per heavy atom. The minimum Gasteiger partial charge on any atom is -0.462 e. The molecule has 0 aromatic carbocycles. The van der Waals surface area contributed by atoms with Gasteiger partial charge >= 0.3 is 5.97 Å². The van der Waals surface area contributed by atoms with Crippen LogP contribution in [0.15, 0.2) is 0 Å². The van der Waals surface area contributed by atoms with Crippen LogP contribution in [0.3, 0.4) is 0 Å². The van der Waals surface area contributed by atoms with Gasteiger partial charge in [-0.1, -0.05) is 33.1 Å². The van der Waals surface area contributed by atoms with E-state index in [0.29, 0.717) is 5.92 Å². The van der Waals surface area contributed by atoms with Gasteiger partial charge in [-0.2, -0.15) is 0 Å². The lowest BCUT2D eigenvalue weighted by Crippen LogP contribution is -2.27. The van der Waals surface area contributed by atoms with Crippen LogP contribution in [0.2, 0.25) is 0 Å². The molecule has 17 heavy (non-hydrogen) atoms. The first-order chi connectivity index (χ1) is 8.15. The van der Waals surface area contributed by atoms with Crippen LogP contribution in [0.25, 0.3) is 0 Å². The second-order valence-electron chi connectivity index (χ2n) is 5.34. The highest BCUT2D eigenvalue weighted by Crippen LogP contribution is 2.19. The summed E-state index contributed by atoms with van der Waals surface area (Å²) in [7, 11) is 0. The number of nitrogens with one attached hydrogen (secondary N) is 1. The highest BCUT2D eigenvalue weighted by atomic mass is 16.5. The summed E-state index contributed by atoms with van der Waals surface area (Å²) in [6, 6.07) is 0. The van der Waals surface area contributed by atoms with Crippen LogP contribution >= 0.6 is 0 Å². The standard InChI is InChI=1S/C14H27NO2/c1-4-5-6-7-8-12(3)17-14(16)13-10-15-9-11(13)2/h11-13,15H,4-10H2,1-3H3. The number of unbranched alkanes of at least 4 members (excludes halogenated alkanes) is 3. The van der Waals surface area contributed by atoms with Crippen molar-refractivity contribution in [2.45, 2.75) is 59.0 Å². The van der Waals surface area contributed by atoms with Crippen LogP contribution in [0.1, 0.15) is 52.9 Å². The molecule has 1 fully saturated rings. The monoisotopic (exact) mass is 241 g/mol. The second kappa shape index (κ2) is 7.70. The van der Waals surface area contributed by atoms with Gasteiger partial charge in [0, 0.05) is 6.54 Å². The fraction of sp³-hybridized carbons (Fsp3) is 0.929. The van der Waals surface area contributed by atoms with Crippen LogP contribution in [0.4, 0.5) is 0 Å². The summed E-state index contributed by atoms with van der Waals surface area (Å²) in [5.41, 5.74) is 0. The first kappa shape index (κ1) is 14.5. The van der Waals surface area contributed by atoms with Crippen molar-refractivity contribution in [3.05, 3.63) is 0 Å². The van der Waals surface area contributed by atoms with Crippen molar-refractivity contribution in [1.82, 2.24) is 5.32 Å². The molecule has 3 heteroatoms. The highest BCUT2D eigenvalue weighted by Gasteiger charge is 2.31. The first-order valence-corrected chi connectivity index (χ1v) is 7.06. The Balaban J connectivity index is 2.16. The number of carbonyl (C=O) groups is 1. The molecule has 100 valence electrons. The number of hydrogen-bond acceptors (Lipinski definition) is 3. The smallest absolute Gasteiger partial charge is 0.310 e. The molecule has 0 saturated carbocycles. The maximum atomic E-state index is 11.9. The fourth-order valence-corrected chi connectivity index (χ4v) is 2.33. The van der Waals surface area contributed by atoms with Gasteiger partial charge in [0.2, 0.25) is 0 Å². The predicted molar refractivity (Wildman–Crippen MR) is 69.8 cm³/mol. The molecule has 0 bridgehead atoms. The third kappa shape index (κ3) is 5.07. The summed E-state index contributed by atoms with van der Waals surface area (Å²) in [4.78, 5) is 11.9. The van der Waals surface area contributed by atoms with E-state index in [1.807, 2.05) is 6.92 Å². The molecule has 0 spiro atoms. The van der Waals surface area contributed by atoms with Gasteiger partial charge in [0.05, 0.1) is 12.0 Å². The van der Waals surface area contributed by atoms with E-state index in [-0.39, 0.29) is 18.0 Å². The molecule has 1 N–H and O–H groups in total. The van der Waals surface area contributed by atoms with Crippen molar-refractivity contribution >= 4 is 5.97 Å². The molecule has 0 radical (unpaired) electrons. The number of carbonyl (C=O) groups excluding carboxylic acids is 1. The van der Waals surface area contributed by atoms with Gasteiger partial charge in [0.15, 0.2) is 0 Å². The van der Waals surface area contributed by atoms with E-state index in [2.05, 4.69) is 19.2 Å². The lowest BCUT2D eigenvalue weighted by molar-refractivity contribution is -0.154. The van der Waals surface area contributed by atoms with E-state index in [0.717, 1.165) is 19.5 Å². The van der Waals surface area contributed by atoms with Crippen molar-refractivity contribution in [3.63, 3.8) is 0 Å². The number of hydrogen-bond donors (Lipinski definition) is 1. The van der Waals surface area contributed by atoms with E-state index >= 15 is 0 Å². The van der Waals surface area contributed by atoms with E-state index in [1.165, 1.54) is 25.7 Å². The van der Waals surface area contributed by atoms with Gasteiger partial charge < -0.3 is 10.1 Å². The predicted octanol–water partition coefficient (Wildman–Crippen LogP) is 2.74. The molecular weight excluding hydrogens is 214 g/mol. The molecule has 0 aliphatic carbocycles. The summed E-state index contributed by atoms with van der Waals surface area (Å²) in [6.07, 6.45) is 6.02. The summed E-state index contributed by atoms with van der Waals surface area (Å²) < 4.78 is 5.51. The molecule has 1 aliphatic heterocycles. The van der Waals surface area contributed by atoms with Crippen molar-refractivity contribution in [3.8, 4) is 0 Å². The summed E-state index contributed by atoms with van der Waals surface area (Å²) in [5, 5.41) is 3.24. The minimum absolute atomic E-state index is 0.00880. The maximum Gasteiger partial charge on any atom is 0.310 e. The van der Waals surface area contributed by atoms with Gasteiger partial charge in [0.1, 0.15) is 0 Å². The summed E-state index contributed by atoms with van der Waals surface area (Å²) in [5.74, 6) is 0.466. The Kier molecular flexibility index (Phi) is 6.56. The van der Waals surface area contributed by atoms with Crippen molar-refractivity contribution < 1.29 is 9.53 Å². The number of ether oxygens (including phenoxy) is 1. The first-order valence-electron chi connectivity index (χ1n) is 7.06. The van der Waals surface area contributed by atoms with Gasteiger partial charge in [-0.05, 0) is 32.2 Å². The SMILES string of the molecule is CCCCCCC(C)OC(=O)C1CNCC1C. The van der Waals surface area contributed by atoms with Crippen molar-refractivity contribution in [1.29, 1.82) is 0 Å². The Labute approximate surface area is 105 Å². The van der Waals surface area contributed by atoms with Gasteiger partial charge in [-0.25, -0.2) is 0 Å². The molecule has 1 rings (SSSR count). The molecule has 1 aliphatic rings. The Bertz CT molecular complexity index is 230. The lowest BCUT2D eigenvalue weighted by Gasteiger charge is -2.18.